The Bertz CT molecular complexity index is 579. The van der Waals surface area contributed by atoms with Crippen LogP contribution >= 0.6 is 0 Å². The average molecular weight is 271 g/mol. The van der Waals surface area contributed by atoms with Crippen molar-refractivity contribution in [1.82, 2.24) is 9.97 Å². The van der Waals surface area contributed by atoms with Crippen LogP contribution in [0.2, 0.25) is 0 Å². The zero-order valence-electron chi connectivity index (χ0n) is 9.58. The van der Waals surface area contributed by atoms with Crippen LogP contribution in [0.15, 0.2) is 30.6 Å². The molecule has 0 bridgehead atoms. The van der Waals surface area contributed by atoms with E-state index in [1.807, 2.05) is 0 Å². The van der Waals surface area contributed by atoms with Gasteiger partial charge in [0.15, 0.2) is 0 Å². The second-order valence-electron chi connectivity index (χ2n) is 3.79. The number of rotatable bonds is 2. The molecule has 0 aliphatic rings. The molecule has 2 heterocycles. The van der Waals surface area contributed by atoms with E-state index in [0.29, 0.717) is 5.69 Å². The first-order valence-electron chi connectivity index (χ1n) is 5.30. The molecule has 0 spiro atoms. The van der Waals surface area contributed by atoms with Gasteiger partial charge < -0.3 is 5.73 Å². The van der Waals surface area contributed by atoms with E-state index in [-0.39, 0.29) is 17.7 Å². The van der Waals surface area contributed by atoms with Crippen molar-refractivity contribution >= 4 is 0 Å². The summed E-state index contributed by atoms with van der Waals surface area (Å²) in [5.74, 6) is -0.640. The van der Waals surface area contributed by atoms with E-state index in [9.17, 15) is 17.6 Å². The van der Waals surface area contributed by atoms with Gasteiger partial charge in [-0.3, -0.25) is 9.97 Å². The molecule has 0 aliphatic carbocycles. The zero-order chi connectivity index (χ0) is 14.0. The first-order valence-corrected chi connectivity index (χ1v) is 5.30. The molecule has 100 valence electrons. The molecule has 19 heavy (non-hydrogen) atoms. The molecule has 7 heteroatoms. The summed E-state index contributed by atoms with van der Waals surface area (Å²) in [7, 11) is 0. The van der Waals surface area contributed by atoms with Crippen LogP contribution in [0.3, 0.4) is 0 Å². The number of halogens is 4. The minimum absolute atomic E-state index is 0.112. The van der Waals surface area contributed by atoms with Crippen molar-refractivity contribution in [2.24, 2.45) is 5.73 Å². The quantitative estimate of drug-likeness (QED) is 0.854. The van der Waals surface area contributed by atoms with Crippen LogP contribution in [0.5, 0.6) is 0 Å². The van der Waals surface area contributed by atoms with Gasteiger partial charge in [0, 0.05) is 23.9 Å². The van der Waals surface area contributed by atoms with Crippen LogP contribution in [0.1, 0.15) is 11.4 Å². The van der Waals surface area contributed by atoms with Crippen molar-refractivity contribution in [2.45, 2.75) is 12.7 Å². The maximum absolute atomic E-state index is 13.6. The molecule has 2 rings (SSSR count). The van der Waals surface area contributed by atoms with Crippen LogP contribution in [-0.2, 0) is 12.7 Å². The Morgan fingerprint density at radius 2 is 1.84 bits per heavy atom. The van der Waals surface area contributed by atoms with E-state index in [2.05, 4.69) is 9.97 Å². The lowest BCUT2D eigenvalue weighted by Gasteiger charge is -2.08. The van der Waals surface area contributed by atoms with E-state index in [1.54, 1.807) is 0 Å². The lowest BCUT2D eigenvalue weighted by atomic mass is 10.1. The van der Waals surface area contributed by atoms with E-state index in [0.717, 1.165) is 24.5 Å². The highest BCUT2D eigenvalue weighted by molar-refractivity contribution is 5.63. The molecule has 0 amide bonds. The van der Waals surface area contributed by atoms with E-state index < -0.39 is 17.7 Å². The third-order valence-corrected chi connectivity index (χ3v) is 2.49. The Labute approximate surface area is 106 Å². The second kappa shape index (κ2) is 4.93. The van der Waals surface area contributed by atoms with Gasteiger partial charge >= 0.3 is 6.18 Å². The van der Waals surface area contributed by atoms with Crippen molar-refractivity contribution in [3.05, 3.63) is 47.8 Å². The minimum Gasteiger partial charge on any atom is -0.325 e. The zero-order valence-corrected chi connectivity index (χ0v) is 9.58. The van der Waals surface area contributed by atoms with Crippen LogP contribution in [0.4, 0.5) is 17.6 Å². The van der Waals surface area contributed by atoms with Crippen LogP contribution in [0, 0.1) is 5.82 Å². The van der Waals surface area contributed by atoms with E-state index in [4.69, 9.17) is 5.73 Å². The van der Waals surface area contributed by atoms with Crippen LogP contribution in [0.25, 0.3) is 11.1 Å². The molecule has 3 nitrogen and oxygen atoms in total. The average Bonchev–Trinajstić information content (AvgIpc) is 2.38. The number of pyridine rings is 2. The number of alkyl halides is 3. The maximum atomic E-state index is 13.6. The third kappa shape index (κ3) is 2.87. The maximum Gasteiger partial charge on any atom is 0.433 e. The van der Waals surface area contributed by atoms with Gasteiger partial charge in [-0.05, 0) is 12.1 Å². The molecule has 2 aromatic heterocycles. The predicted octanol–water partition coefficient (Wildman–Crippen LogP) is 2.76. The summed E-state index contributed by atoms with van der Waals surface area (Å²) < 4.78 is 50.6. The van der Waals surface area contributed by atoms with Crippen LogP contribution in [-0.4, -0.2) is 9.97 Å². The standard InChI is InChI=1S/C12H9F4N3/c13-10-6-18-8(4-17)3-9(10)7-1-2-11(19-5-7)12(14,15)16/h1-3,5-6H,4,17H2. The fourth-order valence-electron chi connectivity index (χ4n) is 1.54. The van der Waals surface area contributed by atoms with Gasteiger partial charge in [0.25, 0.3) is 0 Å². The summed E-state index contributed by atoms with van der Waals surface area (Å²) in [6.07, 6.45) is -2.56. The Hall–Kier alpha value is -2.02. The first-order chi connectivity index (χ1) is 8.91. The molecular weight excluding hydrogens is 262 g/mol. The van der Waals surface area contributed by atoms with Gasteiger partial charge in [0.2, 0.25) is 0 Å². The largest absolute Gasteiger partial charge is 0.433 e. The molecule has 0 saturated carbocycles. The lowest BCUT2D eigenvalue weighted by Crippen LogP contribution is -2.07. The molecule has 0 atom stereocenters. The molecule has 0 fully saturated rings. The van der Waals surface area contributed by atoms with Crippen LogP contribution < -0.4 is 5.73 Å². The number of hydrogen-bond donors (Lipinski definition) is 1. The topological polar surface area (TPSA) is 51.8 Å². The monoisotopic (exact) mass is 271 g/mol. The van der Waals surface area contributed by atoms with Crippen molar-refractivity contribution in [2.75, 3.05) is 0 Å². The van der Waals surface area contributed by atoms with E-state index in [1.165, 1.54) is 6.07 Å². The van der Waals surface area contributed by atoms with Gasteiger partial charge in [-0.1, -0.05) is 6.07 Å². The van der Waals surface area contributed by atoms with E-state index >= 15 is 0 Å². The molecule has 0 aromatic carbocycles. The Morgan fingerprint density at radius 3 is 2.37 bits per heavy atom. The highest BCUT2D eigenvalue weighted by Crippen LogP contribution is 2.29. The highest BCUT2D eigenvalue weighted by atomic mass is 19.4. The number of nitrogens with zero attached hydrogens (tertiary/aromatic N) is 2. The number of aromatic nitrogens is 2. The van der Waals surface area contributed by atoms with Crippen molar-refractivity contribution in [3.63, 3.8) is 0 Å². The normalized spacial score (nSPS) is 11.6. The van der Waals surface area contributed by atoms with Gasteiger partial charge in [-0.15, -0.1) is 0 Å². The highest BCUT2D eigenvalue weighted by Gasteiger charge is 2.32. The summed E-state index contributed by atoms with van der Waals surface area (Å²) >= 11 is 0. The smallest absolute Gasteiger partial charge is 0.325 e. The fraction of sp³-hybridized carbons (Fsp3) is 0.167. The number of hydrogen-bond acceptors (Lipinski definition) is 3. The van der Waals surface area contributed by atoms with Gasteiger partial charge in [-0.25, -0.2) is 4.39 Å². The molecular formula is C12H9F4N3. The van der Waals surface area contributed by atoms with Gasteiger partial charge in [0.1, 0.15) is 11.5 Å². The summed E-state index contributed by atoms with van der Waals surface area (Å²) in [6, 6.07) is 3.35. The summed E-state index contributed by atoms with van der Waals surface area (Å²) in [5, 5.41) is 0. The molecule has 0 saturated heterocycles. The molecule has 0 radical (unpaired) electrons. The molecule has 0 aliphatic heterocycles. The Kier molecular flexibility index (Phi) is 3.48. The fourth-order valence-corrected chi connectivity index (χ4v) is 1.54. The Balaban J connectivity index is 2.42. The SMILES string of the molecule is NCc1cc(-c2ccc(C(F)(F)F)nc2)c(F)cn1. The van der Waals surface area contributed by atoms with Gasteiger partial charge in [-0.2, -0.15) is 13.2 Å². The predicted molar refractivity (Wildman–Crippen MR) is 60.3 cm³/mol. The van der Waals surface area contributed by atoms with Crippen molar-refractivity contribution in [3.8, 4) is 11.1 Å². The second-order valence-corrected chi connectivity index (χ2v) is 3.79. The lowest BCUT2D eigenvalue weighted by molar-refractivity contribution is -0.141. The van der Waals surface area contributed by atoms with Crippen molar-refractivity contribution < 1.29 is 17.6 Å². The Morgan fingerprint density at radius 1 is 1.11 bits per heavy atom. The summed E-state index contributed by atoms with van der Waals surface area (Å²) in [4.78, 5) is 7.02. The number of nitrogens with two attached hydrogens (primary N) is 1. The minimum atomic E-state index is -4.52. The third-order valence-electron chi connectivity index (χ3n) is 2.49. The molecule has 2 N–H and O–H groups in total. The summed E-state index contributed by atoms with van der Waals surface area (Å²) in [5.41, 5.74) is 5.16. The first kappa shape index (κ1) is 13.4. The molecule has 0 unspecified atom stereocenters. The molecule has 2 aromatic rings. The van der Waals surface area contributed by atoms with Gasteiger partial charge in [0.05, 0.1) is 11.9 Å². The van der Waals surface area contributed by atoms with Crippen molar-refractivity contribution in [1.29, 1.82) is 0 Å². The summed E-state index contributed by atoms with van der Waals surface area (Å²) in [6.45, 7) is 0.112.